The van der Waals surface area contributed by atoms with E-state index in [0.29, 0.717) is 23.5 Å². The number of hydrogen-bond donors (Lipinski definition) is 0. The van der Waals surface area contributed by atoms with E-state index >= 15 is 0 Å². The standard InChI is InChI=1S/C19H38O3Si/c1-15(13-22-23(6,7)19(3,4)5)9-8-10-17-11-12-18(17)14-21-16(2)20/h15,17-18H,8-14H2,1-7H3/t15-,17-,18-/m0/s1. The van der Waals surface area contributed by atoms with E-state index in [9.17, 15) is 4.79 Å². The van der Waals surface area contributed by atoms with Crippen LogP contribution in [-0.4, -0.2) is 27.5 Å². The highest BCUT2D eigenvalue weighted by molar-refractivity contribution is 6.74. The van der Waals surface area contributed by atoms with Crippen molar-refractivity contribution < 1.29 is 14.0 Å². The maximum atomic E-state index is 10.9. The van der Waals surface area contributed by atoms with Gasteiger partial charge in [0, 0.05) is 13.5 Å². The Morgan fingerprint density at radius 3 is 2.30 bits per heavy atom. The van der Waals surface area contributed by atoms with Crippen LogP contribution in [0.15, 0.2) is 0 Å². The van der Waals surface area contributed by atoms with Crippen LogP contribution in [0.4, 0.5) is 0 Å². The van der Waals surface area contributed by atoms with E-state index in [4.69, 9.17) is 9.16 Å². The smallest absolute Gasteiger partial charge is 0.302 e. The van der Waals surface area contributed by atoms with E-state index in [1.54, 1.807) is 0 Å². The number of esters is 1. The van der Waals surface area contributed by atoms with Crippen molar-refractivity contribution in [2.45, 2.75) is 84.9 Å². The van der Waals surface area contributed by atoms with Crippen LogP contribution in [0, 0.1) is 17.8 Å². The lowest BCUT2D eigenvalue weighted by Crippen LogP contribution is -2.41. The van der Waals surface area contributed by atoms with Gasteiger partial charge in [0.15, 0.2) is 8.32 Å². The topological polar surface area (TPSA) is 35.5 Å². The summed E-state index contributed by atoms with van der Waals surface area (Å²) in [6.07, 6.45) is 6.31. The van der Waals surface area contributed by atoms with Gasteiger partial charge in [-0.1, -0.05) is 40.5 Å². The number of hydrogen-bond acceptors (Lipinski definition) is 3. The summed E-state index contributed by atoms with van der Waals surface area (Å²) in [6, 6.07) is 0. The summed E-state index contributed by atoms with van der Waals surface area (Å²) in [6.45, 7) is 16.9. The van der Waals surface area contributed by atoms with Crippen LogP contribution in [0.5, 0.6) is 0 Å². The first-order valence-corrected chi connectivity index (χ1v) is 12.2. The Balaban J connectivity index is 2.17. The van der Waals surface area contributed by atoms with Crippen molar-refractivity contribution in [1.29, 1.82) is 0 Å². The van der Waals surface area contributed by atoms with Crippen LogP contribution in [0.25, 0.3) is 0 Å². The third-order valence-electron chi connectivity index (χ3n) is 5.88. The zero-order chi connectivity index (χ0) is 17.7. The molecule has 0 aromatic rings. The van der Waals surface area contributed by atoms with Gasteiger partial charge in [-0.2, -0.15) is 0 Å². The van der Waals surface area contributed by atoms with Gasteiger partial charge in [-0.3, -0.25) is 4.79 Å². The maximum absolute atomic E-state index is 10.9. The van der Waals surface area contributed by atoms with Gasteiger partial charge in [0.1, 0.15) is 0 Å². The van der Waals surface area contributed by atoms with E-state index in [1.807, 2.05) is 0 Å². The molecule has 3 atom stereocenters. The van der Waals surface area contributed by atoms with Crippen LogP contribution in [0.1, 0.15) is 66.7 Å². The predicted octanol–water partition coefficient (Wildman–Crippen LogP) is 5.40. The van der Waals surface area contributed by atoms with E-state index in [2.05, 4.69) is 40.8 Å². The predicted molar refractivity (Wildman–Crippen MR) is 99.0 cm³/mol. The van der Waals surface area contributed by atoms with Crippen LogP contribution in [-0.2, 0) is 14.0 Å². The SMILES string of the molecule is CC(=O)OC[C@@H]1CC[C@@H]1CCC[C@H](C)CO[Si](C)(C)C(C)(C)C. The molecule has 0 bridgehead atoms. The molecule has 0 heterocycles. The van der Waals surface area contributed by atoms with Gasteiger partial charge in [-0.05, 0) is 55.1 Å². The van der Waals surface area contributed by atoms with Gasteiger partial charge < -0.3 is 9.16 Å². The fourth-order valence-electron chi connectivity index (χ4n) is 2.84. The van der Waals surface area contributed by atoms with E-state index in [-0.39, 0.29) is 5.97 Å². The Morgan fingerprint density at radius 2 is 1.83 bits per heavy atom. The van der Waals surface area contributed by atoms with Crippen molar-refractivity contribution in [2.24, 2.45) is 17.8 Å². The summed E-state index contributed by atoms with van der Waals surface area (Å²) in [7, 11) is -1.61. The second-order valence-corrected chi connectivity index (χ2v) is 13.8. The van der Waals surface area contributed by atoms with Crippen molar-refractivity contribution in [3.63, 3.8) is 0 Å². The normalized spacial score (nSPS) is 23.3. The average molecular weight is 343 g/mol. The molecule has 0 aromatic heterocycles. The first-order valence-electron chi connectivity index (χ1n) is 9.30. The molecule has 1 aliphatic rings. The number of ether oxygens (including phenoxy) is 1. The van der Waals surface area contributed by atoms with Crippen LogP contribution < -0.4 is 0 Å². The first kappa shape index (κ1) is 20.7. The molecule has 0 N–H and O–H groups in total. The lowest BCUT2D eigenvalue weighted by atomic mass is 9.71. The van der Waals surface area contributed by atoms with Crippen molar-refractivity contribution >= 4 is 14.3 Å². The quantitative estimate of drug-likeness (QED) is 0.415. The first-order chi connectivity index (χ1) is 10.5. The molecule has 136 valence electrons. The summed E-state index contributed by atoms with van der Waals surface area (Å²) in [5, 5.41) is 0.294. The van der Waals surface area contributed by atoms with E-state index in [1.165, 1.54) is 39.0 Å². The van der Waals surface area contributed by atoms with E-state index < -0.39 is 8.32 Å². The van der Waals surface area contributed by atoms with Crippen LogP contribution in [0.2, 0.25) is 18.1 Å². The van der Waals surface area contributed by atoms with Crippen LogP contribution in [0.3, 0.4) is 0 Å². The number of carbonyl (C=O) groups is 1. The maximum Gasteiger partial charge on any atom is 0.302 e. The summed E-state index contributed by atoms with van der Waals surface area (Å²) < 4.78 is 11.5. The minimum Gasteiger partial charge on any atom is -0.466 e. The molecule has 0 unspecified atom stereocenters. The Bertz CT molecular complexity index is 373. The molecule has 3 nitrogen and oxygen atoms in total. The molecule has 23 heavy (non-hydrogen) atoms. The zero-order valence-corrected chi connectivity index (χ0v) is 17.4. The molecule has 4 heteroatoms. The Morgan fingerprint density at radius 1 is 1.22 bits per heavy atom. The molecule has 1 saturated carbocycles. The lowest BCUT2D eigenvalue weighted by molar-refractivity contribution is -0.144. The van der Waals surface area contributed by atoms with Crippen LogP contribution >= 0.6 is 0 Å². The van der Waals surface area contributed by atoms with Gasteiger partial charge in [0.25, 0.3) is 0 Å². The van der Waals surface area contributed by atoms with Gasteiger partial charge in [-0.25, -0.2) is 0 Å². The molecule has 0 aliphatic heterocycles. The molecular weight excluding hydrogens is 304 g/mol. The zero-order valence-electron chi connectivity index (χ0n) is 16.4. The fourth-order valence-corrected chi connectivity index (χ4v) is 3.98. The minimum atomic E-state index is -1.61. The van der Waals surface area contributed by atoms with Crippen molar-refractivity contribution in [2.75, 3.05) is 13.2 Å². The molecule has 0 aromatic carbocycles. The van der Waals surface area contributed by atoms with E-state index in [0.717, 1.165) is 12.5 Å². The molecule has 1 fully saturated rings. The lowest BCUT2D eigenvalue weighted by Gasteiger charge is -2.37. The Labute approximate surface area is 144 Å². The largest absolute Gasteiger partial charge is 0.466 e. The summed E-state index contributed by atoms with van der Waals surface area (Å²) in [5.74, 6) is 1.86. The van der Waals surface area contributed by atoms with Crippen molar-refractivity contribution in [3.8, 4) is 0 Å². The fraction of sp³-hybridized carbons (Fsp3) is 0.947. The molecule has 0 saturated heterocycles. The third-order valence-corrected chi connectivity index (χ3v) is 10.4. The highest BCUT2D eigenvalue weighted by Crippen LogP contribution is 2.39. The van der Waals surface area contributed by atoms with Crippen molar-refractivity contribution in [3.05, 3.63) is 0 Å². The molecule has 1 rings (SSSR count). The molecule has 0 radical (unpaired) electrons. The monoisotopic (exact) mass is 342 g/mol. The second-order valence-electron chi connectivity index (χ2n) is 9.01. The summed E-state index contributed by atoms with van der Waals surface area (Å²) in [5.41, 5.74) is 0. The number of carbonyl (C=O) groups excluding carboxylic acids is 1. The van der Waals surface area contributed by atoms with Gasteiger partial charge in [-0.15, -0.1) is 0 Å². The van der Waals surface area contributed by atoms with Gasteiger partial charge >= 0.3 is 5.97 Å². The Kier molecular flexibility index (Phi) is 7.79. The van der Waals surface area contributed by atoms with Gasteiger partial charge in [0.05, 0.1) is 6.61 Å². The van der Waals surface area contributed by atoms with Gasteiger partial charge in [0.2, 0.25) is 0 Å². The molecule has 0 amide bonds. The van der Waals surface area contributed by atoms with Crippen molar-refractivity contribution in [1.82, 2.24) is 0 Å². The second kappa shape index (κ2) is 8.66. The molecule has 0 spiro atoms. The third kappa shape index (κ3) is 6.96. The molecule has 1 aliphatic carbocycles. The molecular formula is C19H38O3Si. The highest BCUT2D eigenvalue weighted by Gasteiger charge is 2.37. The Hall–Kier alpha value is -0.353. The minimum absolute atomic E-state index is 0.146. The summed E-state index contributed by atoms with van der Waals surface area (Å²) in [4.78, 5) is 10.9. The summed E-state index contributed by atoms with van der Waals surface area (Å²) >= 11 is 0. The highest BCUT2D eigenvalue weighted by atomic mass is 28.4. The number of rotatable bonds is 9. The average Bonchev–Trinajstić information content (AvgIpc) is 2.38.